The Hall–Kier alpha value is -2.18. The molecule has 1 aromatic heterocycles. The smallest absolute Gasteiger partial charge is 0.410 e. The lowest BCUT2D eigenvalue weighted by molar-refractivity contribution is -0.122. The summed E-state index contributed by atoms with van der Waals surface area (Å²) in [6, 6.07) is -0.522. The first-order valence-electron chi connectivity index (χ1n) is 8.96. The summed E-state index contributed by atoms with van der Waals surface area (Å²) in [5, 5.41) is 2.83. The van der Waals surface area contributed by atoms with Crippen LogP contribution in [0.5, 0.6) is 0 Å². The quantitative estimate of drug-likeness (QED) is 0.909. The van der Waals surface area contributed by atoms with Crippen LogP contribution in [0.3, 0.4) is 0 Å². The average molecular weight is 346 g/mol. The molecule has 0 radical (unpaired) electrons. The number of aromatic nitrogens is 2. The number of anilines is 1. The second kappa shape index (κ2) is 6.98. The Morgan fingerprint density at radius 2 is 1.84 bits per heavy atom. The fourth-order valence-corrected chi connectivity index (χ4v) is 2.92. The number of carbonyl (C=O) groups is 2. The van der Waals surface area contributed by atoms with Crippen LogP contribution in [0.1, 0.15) is 64.6 Å². The standard InChI is InChI=1S/C18H26N4O3/c1-18(2,3)25-17(24)22-9-5-4-6-14(22)16(23)21-13-10-19-15(20-11-13)12-7-8-12/h10-12,14H,4-9H2,1-3H3,(H,21,23)/t14-/m1/s1. The molecule has 7 nitrogen and oxygen atoms in total. The average Bonchev–Trinajstić information content (AvgIpc) is 3.39. The summed E-state index contributed by atoms with van der Waals surface area (Å²) in [5.41, 5.74) is -0.0219. The minimum Gasteiger partial charge on any atom is -0.444 e. The maximum Gasteiger partial charge on any atom is 0.410 e. The topological polar surface area (TPSA) is 84.4 Å². The second-order valence-electron chi connectivity index (χ2n) is 7.78. The molecule has 1 saturated heterocycles. The van der Waals surface area contributed by atoms with Gasteiger partial charge in [0, 0.05) is 12.5 Å². The van der Waals surface area contributed by atoms with Crippen LogP contribution in [0.15, 0.2) is 12.4 Å². The van der Waals surface area contributed by atoms with E-state index in [1.165, 1.54) is 4.90 Å². The van der Waals surface area contributed by atoms with Crippen molar-refractivity contribution in [1.82, 2.24) is 14.9 Å². The Balaban J connectivity index is 1.64. The van der Waals surface area contributed by atoms with Gasteiger partial charge in [0.2, 0.25) is 5.91 Å². The van der Waals surface area contributed by atoms with Gasteiger partial charge in [-0.05, 0) is 52.9 Å². The van der Waals surface area contributed by atoms with Gasteiger partial charge < -0.3 is 10.1 Å². The molecule has 0 spiro atoms. The van der Waals surface area contributed by atoms with E-state index in [1.54, 1.807) is 12.4 Å². The molecular weight excluding hydrogens is 320 g/mol. The van der Waals surface area contributed by atoms with E-state index < -0.39 is 17.7 Å². The van der Waals surface area contributed by atoms with E-state index in [0.29, 0.717) is 24.6 Å². The van der Waals surface area contributed by atoms with Crippen LogP contribution in [-0.4, -0.2) is 45.1 Å². The van der Waals surface area contributed by atoms with Crippen LogP contribution in [0.2, 0.25) is 0 Å². The van der Waals surface area contributed by atoms with Gasteiger partial charge in [-0.15, -0.1) is 0 Å². The maximum absolute atomic E-state index is 12.7. The highest BCUT2D eigenvalue weighted by atomic mass is 16.6. The molecule has 1 aromatic rings. The summed E-state index contributed by atoms with van der Waals surface area (Å²) in [7, 11) is 0. The molecule has 136 valence electrons. The number of piperidine rings is 1. The summed E-state index contributed by atoms with van der Waals surface area (Å²) < 4.78 is 5.44. The van der Waals surface area contributed by atoms with Crippen LogP contribution in [-0.2, 0) is 9.53 Å². The predicted molar refractivity (Wildman–Crippen MR) is 93.2 cm³/mol. The van der Waals surface area contributed by atoms with Crippen molar-refractivity contribution in [2.45, 2.75) is 70.4 Å². The minimum absolute atomic E-state index is 0.215. The summed E-state index contributed by atoms with van der Waals surface area (Å²) >= 11 is 0. The van der Waals surface area contributed by atoms with Crippen molar-refractivity contribution in [3.63, 3.8) is 0 Å². The lowest BCUT2D eigenvalue weighted by atomic mass is 10.0. The van der Waals surface area contributed by atoms with Crippen molar-refractivity contribution < 1.29 is 14.3 Å². The monoisotopic (exact) mass is 346 g/mol. The molecule has 1 atom stereocenters. The number of amides is 2. The van der Waals surface area contributed by atoms with E-state index in [2.05, 4.69) is 15.3 Å². The molecule has 1 saturated carbocycles. The van der Waals surface area contributed by atoms with Crippen LogP contribution in [0, 0.1) is 0 Å². The first kappa shape index (κ1) is 17.6. The molecule has 1 aliphatic heterocycles. The van der Waals surface area contributed by atoms with E-state index in [-0.39, 0.29) is 5.91 Å². The largest absolute Gasteiger partial charge is 0.444 e. The van der Waals surface area contributed by atoms with Crippen LogP contribution < -0.4 is 5.32 Å². The van der Waals surface area contributed by atoms with Crippen molar-refractivity contribution >= 4 is 17.7 Å². The van der Waals surface area contributed by atoms with Gasteiger partial charge in [-0.3, -0.25) is 9.69 Å². The third-order valence-electron chi connectivity index (χ3n) is 4.32. The van der Waals surface area contributed by atoms with Crippen LogP contribution in [0.25, 0.3) is 0 Å². The van der Waals surface area contributed by atoms with Crippen LogP contribution >= 0.6 is 0 Å². The summed E-state index contributed by atoms with van der Waals surface area (Å²) in [4.78, 5) is 35.2. The highest BCUT2D eigenvalue weighted by Gasteiger charge is 2.35. The first-order chi connectivity index (χ1) is 11.8. The maximum atomic E-state index is 12.7. The van der Waals surface area contributed by atoms with Gasteiger partial charge in [-0.25, -0.2) is 14.8 Å². The molecule has 1 N–H and O–H groups in total. The first-order valence-corrected chi connectivity index (χ1v) is 8.96. The molecule has 0 bridgehead atoms. The Labute approximate surface area is 148 Å². The van der Waals surface area contributed by atoms with Crippen LogP contribution in [0.4, 0.5) is 10.5 Å². The molecule has 25 heavy (non-hydrogen) atoms. The fraction of sp³-hybridized carbons (Fsp3) is 0.667. The molecule has 3 rings (SSSR count). The Bertz CT molecular complexity index is 635. The van der Waals surface area contributed by atoms with Crippen molar-refractivity contribution in [3.8, 4) is 0 Å². The molecule has 2 aliphatic rings. The number of nitrogens with one attached hydrogen (secondary N) is 1. The second-order valence-corrected chi connectivity index (χ2v) is 7.78. The minimum atomic E-state index is -0.581. The van der Waals surface area contributed by atoms with Crippen molar-refractivity contribution in [2.24, 2.45) is 0 Å². The zero-order valence-electron chi connectivity index (χ0n) is 15.1. The van der Waals surface area contributed by atoms with Gasteiger partial charge in [-0.1, -0.05) is 0 Å². The highest BCUT2D eigenvalue weighted by Crippen LogP contribution is 2.37. The third-order valence-corrected chi connectivity index (χ3v) is 4.32. The van der Waals surface area contributed by atoms with Gasteiger partial charge in [0.05, 0.1) is 18.1 Å². The van der Waals surface area contributed by atoms with Crippen molar-refractivity contribution in [3.05, 3.63) is 18.2 Å². The number of nitrogens with zero attached hydrogens (tertiary/aromatic N) is 3. The van der Waals surface area contributed by atoms with Gasteiger partial charge >= 0.3 is 6.09 Å². The molecular formula is C18H26N4O3. The van der Waals surface area contributed by atoms with Gasteiger partial charge in [0.25, 0.3) is 0 Å². The normalized spacial score (nSPS) is 20.9. The Kier molecular flexibility index (Phi) is 4.92. The van der Waals surface area contributed by atoms with Crippen molar-refractivity contribution in [1.29, 1.82) is 0 Å². The summed E-state index contributed by atoms with van der Waals surface area (Å²) in [6.07, 6.45) is 7.53. The lowest BCUT2D eigenvalue weighted by Gasteiger charge is -2.35. The van der Waals surface area contributed by atoms with E-state index in [1.807, 2.05) is 20.8 Å². The number of carbonyl (C=O) groups excluding carboxylic acids is 2. The third kappa shape index (κ3) is 4.67. The summed E-state index contributed by atoms with van der Waals surface area (Å²) in [5.74, 6) is 1.10. The van der Waals surface area contributed by atoms with Gasteiger partial charge in [0.15, 0.2) is 0 Å². The lowest BCUT2D eigenvalue weighted by Crippen LogP contribution is -2.51. The summed E-state index contributed by atoms with van der Waals surface area (Å²) in [6.45, 7) is 6.00. The Morgan fingerprint density at radius 3 is 2.44 bits per heavy atom. The molecule has 2 fully saturated rings. The number of ether oxygens (including phenoxy) is 1. The molecule has 0 unspecified atom stereocenters. The number of hydrogen-bond acceptors (Lipinski definition) is 5. The molecule has 1 aliphatic carbocycles. The Morgan fingerprint density at radius 1 is 1.16 bits per heavy atom. The van der Waals surface area contributed by atoms with Gasteiger partial charge in [-0.2, -0.15) is 0 Å². The molecule has 7 heteroatoms. The fourth-order valence-electron chi connectivity index (χ4n) is 2.92. The van der Waals surface area contributed by atoms with E-state index in [9.17, 15) is 9.59 Å². The molecule has 2 heterocycles. The van der Waals surface area contributed by atoms with E-state index in [4.69, 9.17) is 4.74 Å². The number of hydrogen-bond donors (Lipinski definition) is 1. The predicted octanol–water partition coefficient (Wildman–Crippen LogP) is 3.08. The number of rotatable bonds is 3. The molecule has 2 amide bonds. The number of likely N-dealkylation sites (tertiary alicyclic amines) is 1. The zero-order valence-corrected chi connectivity index (χ0v) is 15.1. The zero-order chi connectivity index (χ0) is 18.0. The highest BCUT2D eigenvalue weighted by molar-refractivity contribution is 5.96. The van der Waals surface area contributed by atoms with E-state index in [0.717, 1.165) is 31.5 Å². The van der Waals surface area contributed by atoms with Gasteiger partial charge in [0.1, 0.15) is 17.5 Å². The van der Waals surface area contributed by atoms with E-state index >= 15 is 0 Å². The SMILES string of the molecule is CC(C)(C)OC(=O)N1CCCC[C@@H]1C(=O)Nc1cnc(C2CC2)nc1. The molecule has 0 aromatic carbocycles. The van der Waals surface area contributed by atoms with Crippen molar-refractivity contribution in [2.75, 3.05) is 11.9 Å².